The Bertz CT molecular complexity index is 837. The molecule has 0 aliphatic heterocycles. The zero-order valence-corrected chi connectivity index (χ0v) is 12.3. The summed E-state index contributed by atoms with van der Waals surface area (Å²) in [4.78, 5) is 22.7. The number of hydrogen-bond donors (Lipinski definition) is 2. The van der Waals surface area contributed by atoms with Crippen LogP contribution in [0.15, 0.2) is 34.7 Å². The number of nitriles is 1. The van der Waals surface area contributed by atoms with E-state index in [9.17, 15) is 22.8 Å². The van der Waals surface area contributed by atoms with E-state index < -0.39 is 41.0 Å². The lowest BCUT2D eigenvalue weighted by molar-refractivity contribution is -0.153. The minimum Gasteiger partial charge on any atom is -0.478 e. The summed E-state index contributed by atoms with van der Waals surface area (Å²) in [6.45, 7) is -0.187. The van der Waals surface area contributed by atoms with Crippen LogP contribution in [0.3, 0.4) is 0 Å². The minimum absolute atomic E-state index is 0.187. The van der Waals surface area contributed by atoms with Gasteiger partial charge in [0.2, 0.25) is 11.6 Å². The van der Waals surface area contributed by atoms with Gasteiger partial charge in [-0.3, -0.25) is 5.32 Å². The van der Waals surface area contributed by atoms with Gasteiger partial charge in [-0.15, -0.1) is 0 Å². The molecule has 7 nitrogen and oxygen atoms in total. The van der Waals surface area contributed by atoms with E-state index in [-0.39, 0.29) is 6.61 Å². The maximum Gasteiger partial charge on any atom is 0.450 e. The molecule has 0 saturated heterocycles. The number of carboxylic acid groups (broad SMARTS) is 1. The number of carboxylic acids is 1. The number of benzene rings is 1. The quantitative estimate of drug-likeness (QED) is 0.867. The normalized spacial score (nSPS) is 10.8. The SMILES string of the molecule is N#Cc1c(NC(=O)OCc2ccccc2)oc(C(F)(F)F)c1C(=O)O. The molecule has 10 heteroatoms. The molecule has 0 bridgehead atoms. The molecule has 2 rings (SSSR count). The highest BCUT2D eigenvalue weighted by molar-refractivity contribution is 5.96. The number of hydrogen-bond acceptors (Lipinski definition) is 5. The summed E-state index contributed by atoms with van der Waals surface area (Å²) < 4.78 is 47.6. The fourth-order valence-corrected chi connectivity index (χ4v) is 1.88. The lowest BCUT2D eigenvalue weighted by Crippen LogP contribution is -2.14. The molecule has 0 radical (unpaired) electrons. The monoisotopic (exact) mass is 354 g/mol. The van der Waals surface area contributed by atoms with Crippen molar-refractivity contribution < 1.29 is 37.0 Å². The van der Waals surface area contributed by atoms with Crippen LogP contribution < -0.4 is 5.32 Å². The summed E-state index contributed by atoms with van der Waals surface area (Å²) >= 11 is 0. The van der Waals surface area contributed by atoms with Crippen LogP contribution in [-0.2, 0) is 17.5 Å². The average molecular weight is 354 g/mol. The van der Waals surface area contributed by atoms with Crippen molar-refractivity contribution in [3.8, 4) is 6.07 Å². The number of aromatic carboxylic acids is 1. The van der Waals surface area contributed by atoms with E-state index in [4.69, 9.17) is 15.1 Å². The van der Waals surface area contributed by atoms with Crippen LogP contribution >= 0.6 is 0 Å². The second-order valence-electron chi connectivity index (χ2n) is 4.61. The van der Waals surface area contributed by atoms with Crippen molar-refractivity contribution in [3.05, 3.63) is 52.8 Å². The van der Waals surface area contributed by atoms with E-state index in [1.165, 1.54) is 6.07 Å². The first-order chi connectivity index (χ1) is 11.7. The van der Waals surface area contributed by atoms with Crippen molar-refractivity contribution in [3.63, 3.8) is 0 Å². The molecule has 0 aliphatic rings. The number of nitrogens with zero attached hydrogens (tertiary/aromatic N) is 1. The molecule has 0 spiro atoms. The highest BCUT2D eigenvalue weighted by Crippen LogP contribution is 2.38. The van der Waals surface area contributed by atoms with E-state index in [0.717, 1.165) is 0 Å². The predicted molar refractivity (Wildman–Crippen MR) is 75.6 cm³/mol. The molecule has 0 unspecified atom stereocenters. The Kier molecular flexibility index (Phi) is 4.97. The molecule has 1 aromatic carbocycles. The summed E-state index contributed by atoms with van der Waals surface area (Å²) in [7, 11) is 0. The number of amides is 1. The average Bonchev–Trinajstić information content (AvgIpc) is 2.92. The van der Waals surface area contributed by atoms with Crippen LogP contribution in [0.25, 0.3) is 0 Å². The standard InChI is InChI=1S/C15H9F3N2O5/c16-15(17,18)11-10(13(21)22)9(6-19)12(25-11)20-14(23)24-7-8-4-2-1-3-5-8/h1-5H,7H2,(H,20,23)(H,21,22). The van der Waals surface area contributed by atoms with Gasteiger partial charge in [0.15, 0.2) is 0 Å². The number of alkyl halides is 3. The molecule has 0 saturated carbocycles. The Hall–Kier alpha value is -3.48. The summed E-state index contributed by atoms with van der Waals surface area (Å²) in [6, 6.07) is 9.67. The van der Waals surface area contributed by atoms with Gasteiger partial charge in [-0.2, -0.15) is 18.4 Å². The number of furan rings is 1. The van der Waals surface area contributed by atoms with Gasteiger partial charge >= 0.3 is 18.2 Å². The first-order valence-electron chi connectivity index (χ1n) is 6.59. The third kappa shape index (κ3) is 4.08. The molecular weight excluding hydrogens is 345 g/mol. The van der Waals surface area contributed by atoms with Crippen LogP contribution in [0.1, 0.15) is 27.2 Å². The van der Waals surface area contributed by atoms with E-state index >= 15 is 0 Å². The molecule has 0 aliphatic carbocycles. The lowest BCUT2D eigenvalue weighted by Gasteiger charge is -2.05. The first-order valence-corrected chi connectivity index (χ1v) is 6.59. The van der Waals surface area contributed by atoms with Gasteiger partial charge in [0.05, 0.1) is 0 Å². The van der Waals surface area contributed by atoms with Crippen molar-refractivity contribution >= 4 is 17.9 Å². The van der Waals surface area contributed by atoms with Crippen molar-refractivity contribution in [2.75, 3.05) is 5.32 Å². The van der Waals surface area contributed by atoms with Crippen LogP contribution in [0, 0.1) is 11.3 Å². The van der Waals surface area contributed by atoms with Crippen molar-refractivity contribution in [2.45, 2.75) is 12.8 Å². The first kappa shape index (κ1) is 17.9. The van der Waals surface area contributed by atoms with Gasteiger partial charge in [0, 0.05) is 0 Å². The molecule has 2 aromatic rings. The number of halogens is 3. The molecular formula is C15H9F3N2O5. The second-order valence-corrected chi connectivity index (χ2v) is 4.61. The molecule has 130 valence electrons. The number of rotatable bonds is 4. The van der Waals surface area contributed by atoms with E-state index in [1.54, 1.807) is 35.6 Å². The number of nitrogens with one attached hydrogen (secondary N) is 1. The molecule has 0 fully saturated rings. The summed E-state index contributed by atoms with van der Waals surface area (Å²) in [5, 5.41) is 19.6. The number of carbonyl (C=O) groups is 2. The van der Waals surface area contributed by atoms with Gasteiger partial charge < -0.3 is 14.3 Å². The third-order valence-corrected chi connectivity index (χ3v) is 2.92. The van der Waals surface area contributed by atoms with Gasteiger partial charge in [0.1, 0.15) is 23.8 Å². The van der Waals surface area contributed by atoms with Gasteiger partial charge in [-0.25, -0.2) is 9.59 Å². The van der Waals surface area contributed by atoms with Gasteiger partial charge in [0.25, 0.3) is 0 Å². The third-order valence-electron chi connectivity index (χ3n) is 2.92. The number of ether oxygens (including phenoxy) is 1. The van der Waals surface area contributed by atoms with Crippen LogP contribution in [-0.4, -0.2) is 17.2 Å². The Morgan fingerprint density at radius 2 is 1.92 bits per heavy atom. The fourth-order valence-electron chi connectivity index (χ4n) is 1.88. The molecule has 25 heavy (non-hydrogen) atoms. The highest BCUT2D eigenvalue weighted by Gasteiger charge is 2.43. The van der Waals surface area contributed by atoms with Crippen LogP contribution in [0.4, 0.5) is 23.8 Å². The highest BCUT2D eigenvalue weighted by atomic mass is 19.4. The molecule has 1 heterocycles. The van der Waals surface area contributed by atoms with Crippen LogP contribution in [0.5, 0.6) is 0 Å². The Balaban J connectivity index is 2.23. The largest absolute Gasteiger partial charge is 0.478 e. The van der Waals surface area contributed by atoms with E-state index in [2.05, 4.69) is 4.42 Å². The minimum atomic E-state index is -5.16. The molecule has 1 amide bonds. The van der Waals surface area contributed by atoms with Crippen molar-refractivity contribution in [1.29, 1.82) is 5.26 Å². The summed E-state index contributed by atoms with van der Waals surface area (Å²) in [5.74, 6) is -4.86. The maximum atomic E-state index is 12.8. The molecule has 0 atom stereocenters. The molecule has 2 N–H and O–H groups in total. The Morgan fingerprint density at radius 1 is 1.28 bits per heavy atom. The van der Waals surface area contributed by atoms with Gasteiger partial charge in [-0.05, 0) is 5.56 Å². The maximum absolute atomic E-state index is 12.8. The predicted octanol–water partition coefficient (Wildman–Crippen LogP) is 3.62. The van der Waals surface area contributed by atoms with Crippen molar-refractivity contribution in [1.82, 2.24) is 0 Å². The van der Waals surface area contributed by atoms with E-state index in [1.807, 2.05) is 0 Å². The zero-order chi connectivity index (χ0) is 18.6. The second kappa shape index (κ2) is 6.96. The Morgan fingerprint density at radius 3 is 2.44 bits per heavy atom. The summed E-state index contributed by atoms with van der Waals surface area (Å²) in [6.07, 6.45) is -6.37. The Labute approximate surface area is 138 Å². The fraction of sp³-hybridized carbons (Fsp3) is 0.133. The molecule has 1 aromatic heterocycles. The number of anilines is 1. The van der Waals surface area contributed by atoms with Crippen molar-refractivity contribution in [2.24, 2.45) is 0 Å². The topological polar surface area (TPSA) is 113 Å². The smallest absolute Gasteiger partial charge is 0.450 e. The summed E-state index contributed by atoms with van der Waals surface area (Å²) in [5.41, 5.74) is -1.73. The van der Waals surface area contributed by atoms with Crippen LogP contribution in [0.2, 0.25) is 0 Å². The van der Waals surface area contributed by atoms with E-state index in [0.29, 0.717) is 5.56 Å². The number of carbonyl (C=O) groups excluding carboxylic acids is 1. The zero-order valence-electron chi connectivity index (χ0n) is 12.3. The lowest BCUT2D eigenvalue weighted by atomic mass is 10.1. The van der Waals surface area contributed by atoms with Gasteiger partial charge in [-0.1, -0.05) is 30.3 Å².